The molecule has 0 radical (unpaired) electrons. The number of carbonyl (C=O) groups is 2. The lowest BCUT2D eigenvalue weighted by molar-refractivity contribution is -0.145. The Morgan fingerprint density at radius 1 is 1.07 bits per heavy atom. The number of nitrogens with zero attached hydrogens (tertiary/aromatic N) is 1. The summed E-state index contributed by atoms with van der Waals surface area (Å²) in [5, 5.41) is 9.10. The first-order chi connectivity index (χ1) is 12.8. The van der Waals surface area contributed by atoms with Crippen molar-refractivity contribution in [3.05, 3.63) is 71.3 Å². The molecule has 0 saturated carbocycles. The highest BCUT2D eigenvalue weighted by Crippen LogP contribution is 2.20. The molecule has 2 aromatic rings. The zero-order valence-electron chi connectivity index (χ0n) is 14.5. The van der Waals surface area contributed by atoms with Crippen molar-refractivity contribution < 1.29 is 23.1 Å². The number of hydrogen-bond donors (Lipinski definition) is 2. The first-order valence-electron chi connectivity index (χ1n) is 8.45. The predicted octanol–water partition coefficient (Wildman–Crippen LogP) is 1.14. The summed E-state index contributed by atoms with van der Waals surface area (Å²) in [4.78, 5) is 25.1. The van der Waals surface area contributed by atoms with Gasteiger partial charge in [0.2, 0.25) is 15.9 Å². The smallest absolute Gasteiger partial charge is 0.323 e. The molecule has 0 saturated heterocycles. The fourth-order valence-corrected chi connectivity index (χ4v) is 4.50. The third kappa shape index (κ3) is 4.93. The zero-order valence-corrected chi connectivity index (χ0v) is 15.4. The van der Waals surface area contributed by atoms with Crippen LogP contribution < -0.4 is 4.72 Å². The maximum Gasteiger partial charge on any atom is 0.323 e. The predicted molar refractivity (Wildman–Crippen MR) is 99.2 cm³/mol. The van der Waals surface area contributed by atoms with Gasteiger partial charge in [-0.25, -0.2) is 13.1 Å². The number of carboxylic acid groups (broad SMARTS) is 1. The van der Waals surface area contributed by atoms with E-state index in [1.807, 2.05) is 24.3 Å². The van der Waals surface area contributed by atoms with Crippen LogP contribution in [0.15, 0.2) is 54.6 Å². The van der Waals surface area contributed by atoms with Crippen LogP contribution in [0.5, 0.6) is 0 Å². The molecule has 0 spiro atoms. The second-order valence-corrected chi connectivity index (χ2v) is 8.23. The average molecular weight is 388 g/mol. The highest BCUT2D eigenvalue weighted by Gasteiger charge is 2.33. The van der Waals surface area contributed by atoms with Gasteiger partial charge in [0.25, 0.3) is 0 Å². The number of hydrogen-bond acceptors (Lipinski definition) is 4. The van der Waals surface area contributed by atoms with E-state index < -0.39 is 34.5 Å². The van der Waals surface area contributed by atoms with E-state index in [9.17, 15) is 18.0 Å². The zero-order chi connectivity index (χ0) is 19.4. The molecule has 8 heteroatoms. The highest BCUT2D eigenvalue weighted by atomic mass is 32.2. The van der Waals surface area contributed by atoms with E-state index in [-0.39, 0.29) is 18.7 Å². The van der Waals surface area contributed by atoms with Crippen LogP contribution in [0, 0.1) is 0 Å². The molecule has 0 bridgehead atoms. The monoisotopic (exact) mass is 388 g/mol. The van der Waals surface area contributed by atoms with Crippen molar-refractivity contribution in [3.8, 4) is 0 Å². The molecular formula is C19H20N2O5S. The standard InChI is InChI=1S/C19H20N2O5S/c22-18(23)12-21-11-16-9-5-4-8-15(16)10-17(19(21)24)20-27(25,26)13-14-6-2-1-3-7-14/h1-9,17,20H,10-13H2,(H,22,23)/t17-/m0/s1. The molecule has 1 aliphatic rings. The average Bonchev–Trinajstić information content (AvgIpc) is 2.72. The summed E-state index contributed by atoms with van der Waals surface area (Å²) < 4.78 is 27.6. The van der Waals surface area contributed by atoms with Crippen LogP contribution in [0.3, 0.4) is 0 Å². The molecule has 2 aromatic carbocycles. The maximum absolute atomic E-state index is 12.8. The number of carboxylic acids is 1. The Morgan fingerprint density at radius 2 is 1.70 bits per heavy atom. The van der Waals surface area contributed by atoms with Crippen molar-refractivity contribution in [1.82, 2.24) is 9.62 Å². The van der Waals surface area contributed by atoms with Crippen molar-refractivity contribution in [2.24, 2.45) is 0 Å². The fourth-order valence-electron chi connectivity index (χ4n) is 3.16. The van der Waals surface area contributed by atoms with E-state index in [0.717, 1.165) is 11.1 Å². The summed E-state index contributed by atoms with van der Waals surface area (Å²) in [7, 11) is -3.78. The lowest BCUT2D eigenvalue weighted by Crippen LogP contribution is -2.49. The third-order valence-corrected chi connectivity index (χ3v) is 5.72. The van der Waals surface area contributed by atoms with Gasteiger partial charge >= 0.3 is 5.97 Å². The van der Waals surface area contributed by atoms with Gasteiger partial charge in [0.1, 0.15) is 12.6 Å². The Hall–Kier alpha value is -2.71. The van der Waals surface area contributed by atoms with Crippen LogP contribution in [-0.4, -0.2) is 42.9 Å². The number of amides is 1. The van der Waals surface area contributed by atoms with Gasteiger partial charge in [-0.1, -0.05) is 54.6 Å². The first-order valence-corrected chi connectivity index (χ1v) is 10.1. The van der Waals surface area contributed by atoms with Gasteiger partial charge in [-0.15, -0.1) is 0 Å². The molecule has 2 N–H and O–H groups in total. The summed E-state index contributed by atoms with van der Waals surface area (Å²) in [6.45, 7) is -0.345. The van der Waals surface area contributed by atoms with Crippen molar-refractivity contribution in [2.45, 2.75) is 24.8 Å². The van der Waals surface area contributed by atoms with Gasteiger partial charge in [0.05, 0.1) is 5.75 Å². The molecule has 142 valence electrons. The van der Waals surface area contributed by atoms with Gasteiger partial charge in [0.15, 0.2) is 0 Å². The van der Waals surface area contributed by atoms with Crippen molar-refractivity contribution in [1.29, 1.82) is 0 Å². The number of carbonyl (C=O) groups excluding carboxylic acids is 1. The fraction of sp³-hybridized carbons (Fsp3) is 0.263. The summed E-state index contributed by atoms with van der Waals surface area (Å²) in [6.07, 6.45) is 0.180. The van der Waals surface area contributed by atoms with Crippen molar-refractivity contribution >= 4 is 21.9 Å². The number of benzene rings is 2. The molecule has 7 nitrogen and oxygen atoms in total. The summed E-state index contributed by atoms with van der Waals surface area (Å²) >= 11 is 0. The van der Waals surface area contributed by atoms with Crippen molar-refractivity contribution in [2.75, 3.05) is 6.54 Å². The second kappa shape index (κ2) is 7.89. The van der Waals surface area contributed by atoms with Crippen molar-refractivity contribution in [3.63, 3.8) is 0 Å². The largest absolute Gasteiger partial charge is 0.480 e. The van der Waals surface area contributed by atoms with E-state index >= 15 is 0 Å². The molecule has 1 amide bonds. The second-order valence-electron chi connectivity index (χ2n) is 6.48. The molecule has 27 heavy (non-hydrogen) atoms. The number of aliphatic carboxylic acids is 1. The van der Waals surface area contributed by atoms with E-state index in [0.29, 0.717) is 5.56 Å². The van der Waals surface area contributed by atoms with E-state index in [4.69, 9.17) is 5.11 Å². The third-order valence-electron chi connectivity index (χ3n) is 4.36. The Kier molecular flexibility index (Phi) is 5.57. The van der Waals surface area contributed by atoms with Gasteiger partial charge in [0, 0.05) is 6.54 Å². The lowest BCUT2D eigenvalue weighted by atomic mass is 10.0. The summed E-state index contributed by atoms with van der Waals surface area (Å²) in [5.74, 6) is -1.93. The van der Waals surface area contributed by atoms with Gasteiger partial charge in [-0.05, 0) is 23.1 Å². The van der Waals surface area contributed by atoms with Crippen LogP contribution >= 0.6 is 0 Å². The molecule has 0 aromatic heterocycles. The number of fused-ring (bicyclic) bond motifs is 1. The molecule has 0 fully saturated rings. The highest BCUT2D eigenvalue weighted by molar-refractivity contribution is 7.88. The number of sulfonamides is 1. The molecule has 1 heterocycles. The SMILES string of the molecule is O=C(O)CN1Cc2ccccc2C[C@H](NS(=O)(=O)Cc2ccccc2)C1=O. The van der Waals surface area contributed by atoms with E-state index in [1.165, 1.54) is 4.90 Å². The Balaban J connectivity index is 1.86. The number of nitrogens with one attached hydrogen (secondary N) is 1. The van der Waals surface area contributed by atoms with Crippen LogP contribution in [0.4, 0.5) is 0 Å². The molecule has 1 aliphatic heterocycles. The van der Waals surface area contributed by atoms with Crippen LogP contribution in [0.1, 0.15) is 16.7 Å². The van der Waals surface area contributed by atoms with Crippen LogP contribution in [0.25, 0.3) is 0 Å². The van der Waals surface area contributed by atoms with Gasteiger partial charge < -0.3 is 10.0 Å². The topological polar surface area (TPSA) is 104 Å². The van der Waals surface area contributed by atoms with E-state index in [2.05, 4.69) is 4.72 Å². The van der Waals surface area contributed by atoms with E-state index in [1.54, 1.807) is 30.3 Å². The summed E-state index contributed by atoms with van der Waals surface area (Å²) in [5.41, 5.74) is 2.25. The summed E-state index contributed by atoms with van der Waals surface area (Å²) in [6, 6.07) is 14.9. The minimum Gasteiger partial charge on any atom is -0.480 e. The van der Waals surface area contributed by atoms with Crippen LogP contribution in [0.2, 0.25) is 0 Å². The molecule has 1 atom stereocenters. The Labute approximate surface area is 157 Å². The normalized spacial score (nSPS) is 17.3. The van der Waals surface area contributed by atoms with Gasteiger partial charge in [-0.3, -0.25) is 9.59 Å². The number of rotatable bonds is 6. The first kappa shape index (κ1) is 19.1. The quantitative estimate of drug-likeness (QED) is 0.772. The lowest BCUT2D eigenvalue weighted by Gasteiger charge is -2.23. The Bertz CT molecular complexity index is 944. The van der Waals surface area contributed by atoms with Crippen LogP contribution in [-0.2, 0) is 38.3 Å². The molecule has 3 rings (SSSR count). The molecular weight excluding hydrogens is 368 g/mol. The molecule has 0 unspecified atom stereocenters. The molecule has 0 aliphatic carbocycles. The minimum absolute atomic E-state index is 0.137. The Morgan fingerprint density at radius 3 is 2.37 bits per heavy atom. The minimum atomic E-state index is -3.78. The van der Waals surface area contributed by atoms with Gasteiger partial charge in [-0.2, -0.15) is 0 Å². The maximum atomic E-state index is 12.8.